The van der Waals surface area contributed by atoms with Crippen LogP contribution in [0.2, 0.25) is 0 Å². The molecule has 0 bridgehead atoms. The SMILES string of the molecule is Cc1ccc(/C=C/Cc2ccccc2O)cc1. The van der Waals surface area contributed by atoms with Gasteiger partial charge >= 0.3 is 0 Å². The fourth-order valence-corrected chi connectivity index (χ4v) is 1.68. The van der Waals surface area contributed by atoms with Gasteiger partial charge in [-0.3, -0.25) is 0 Å². The molecule has 0 saturated carbocycles. The molecule has 0 aromatic heterocycles. The Labute approximate surface area is 102 Å². The Morgan fingerprint density at radius 3 is 2.41 bits per heavy atom. The van der Waals surface area contributed by atoms with Gasteiger partial charge in [-0.15, -0.1) is 0 Å². The summed E-state index contributed by atoms with van der Waals surface area (Å²) in [5, 5.41) is 9.61. The summed E-state index contributed by atoms with van der Waals surface area (Å²) in [6.45, 7) is 2.08. The van der Waals surface area contributed by atoms with E-state index < -0.39 is 0 Å². The van der Waals surface area contributed by atoms with Crippen molar-refractivity contribution in [3.8, 4) is 5.75 Å². The Morgan fingerprint density at radius 2 is 1.71 bits per heavy atom. The first-order valence-corrected chi connectivity index (χ1v) is 5.76. The predicted octanol–water partition coefficient (Wildman–Crippen LogP) is 3.96. The molecule has 0 aliphatic carbocycles. The molecule has 0 saturated heterocycles. The first-order valence-electron chi connectivity index (χ1n) is 5.76. The highest BCUT2D eigenvalue weighted by Gasteiger charge is 1.95. The summed E-state index contributed by atoms with van der Waals surface area (Å²) in [6, 6.07) is 15.8. The molecule has 0 heterocycles. The summed E-state index contributed by atoms with van der Waals surface area (Å²) in [5.41, 5.74) is 3.41. The van der Waals surface area contributed by atoms with Crippen molar-refractivity contribution in [3.05, 3.63) is 71.3 Å². The first-order chi connectivity index (χ1) is 8.25. The third kappa shape index (κ3) is 3.22. The zero-order valence-corrected chi connectivity index (χ0v) is 9.93. The summed E-state index contributed by atoms with van der Waals surface area (Å²) in [5.74, 6) is 0.362. The van der Waals surface area contributed by atoms with E-state index in [0.29, 0.717) is 5.75 Å². The highest BCUT2D eigenvalue weighted by Crippen LogP contribution is 2.16. The maximum absolute atomic E-state index is 9.61. The van der Waals surface area contributed by atoms with Crippen LogP contribution in [0.3, 0.4) is 0 Å². The molecule has 0 aliphatic heterocycles. The van der Waals surface area contributed by atoms with E-state index in [9.17, 15) is 5.11 Å². The summed E-state index contributed by atoms with van der Waals surface area (Å²) in [4.78, 5) is 0. The lowest BCUT2D eigenvalue weighted by atomic mass is 10.1. The van der Waals surface area contributed by atoms with Crippen LogP contribution in [-0.2, 0) is 6.42 Å². The molecule has 0 atom stereocenters. The van der Waals surface area contributed by atoms with E-state index in [1.807, 2.05) is 18.2 Å². The highest BCUT2D eigenvalue weighted by molar-refractivity contribution is 5.50. The van der Waals surface area contributed by atoms with Gasteiger partial charge in [-0.05, 0) is 30.5 Å². The number of aryl methyl sites for hydroxylation is 1. The molecule has 1 heteroatoms. The van der Waals surface area contributed by atoms with Crippen molar-refractivity contribution in [2.24, 2.45) is 0 Å². The van der Waals surface area contributed by atoms with Crippen LogP contribution in [0.15, 0.2) is 54.6 Å². The van der Waals surface area contributed by atoms with Gasteiger partial charge in [-0.25, -0.2) is 0 Å². The van der Waals surface area contributed by atoms with Gasteiger partial charge in [0, 0.05) is 0 Å². The van der Waals surface area contributed by atoms with Gasteiger partial charge in [0.15, 0.2) is 0 Å². The molecule has 2 aromatic rings. The standard InChI is InChI=1S/C16H16O/c1-13-9-11-14(12-10-13)5-4-7-15-6-2-3-8-16(15)17/h2-6,8-12,17H,7H2,1H3/b5-4+. The lowest BCUT2D eigenvalue weighted by Gasteiger charge is -1.99. The Kier molecular flexibility index (Phi) is 3.61. The largest absolute Gasteiger partial charge is 0.508 e. The monoisotopic (exact) mass is 224 g/mol. The minimum atomic E-state index is 0.362. The molecule has 2 aromatic carbocycles. The maximum Gasteiger partial charge on any atom is 0.119 e. The second-order valence-corrected chi connectivity index (χ2v) is 4.15. The van der Waals surface area contributed by atoms with Crippen LogP contribution >= 0.6 is 0 Å². The van der Waals surface area contributed by atoms with E-state index in [1.165, 1.54) is 11.1 Å². The second-order valence-electron chi connectivity index (χ2n) is 4.15. The van der Waals surface area contributed by atoms with Gasteiger partial charge in [0.1, 0.15) is 5.75 Å². The molecule has 0 radical (unpaired) electrons. The second kappa shape index (κ2) is 5.35. The zero-order valence-electron chi connectivity index (χ0n) is 9.93. The van der Waals surface area contributed by atoms with Crippen LogP contribution < -0.4 is 0 Å². The number of phenols is 1. The molecule has 86 valence electrons. The number of para-hydroxylation sites is 1. The summed E-state index contributed by atoms with van der Waals surface area (Å²) < 4.78 is 0. The lowest BCUT2D eigenvalue weighted by Crippen LogP contribution is -1.81. The number of hydrogen-bond donors (Lipinski definition) is 1. The molecular weight excluding hydrogens is 208 g/mol. The average molecular weight is 224 g/mol. The van der Waals surface area contributed by atoms with Crippen molar-refractivity contribution in [2.75, 3.05) is 0 Å². The van der Waals surface area contributed by atoms with E-state index in [0.717, 1.165) is 12.0 Å². The molecule has 1 N–H and O–H groups in total. The lowest BCUT2D eigenvalue weighted by molar-refractivity contribution is 0.470. The minimum absolute atomic E-state index is 0.362. The van der Waals surface area contributed by atoms with E-state index in [4.69, 9.17) is 0 Å². The quantitative estimate of drug-likeness (QED) is 0.836. The number of aromatic hydroxyl groups is 1. The van der Waals surface area contributed by atoms with Crippen molar-refractivity contribution in [1.82, 2.24) is 0 Å². The van der Waals surface area contributed by atoms with Crippen molar-refractivity contribution >= 4 is 6.08 Å². The topological polar surface area (TPSA) is 20.2 Å². The minimum Gasteiger partial charge on any atom is -0.508 e. The molecule has 17 heavy (non-hydrogen) atoms. The van der Waals surface area contributed by atoms with Crippen LogP contribution in [-0.4, -0.2) is 5.11 Å². The Bertz CT molecular complexity index is 509. The third-order valence-corrected chi connectivity index (χ3v) is 2.72. The van der Waals surface area contributed by atoms with Gasteiger partial charge in [-0.1, -0.05) is 60.2 Å². The van der Waals surface area contributed by atoms with Gasteiger partial charge in [-0.2, -0.15) is 0 Å². The smallest absolute Gasteiger partial charge is 0.119 e. The van der Waals surface area contributed by atoms with E-state index in [-0.39, 0.29) is 0 Å². The number of rotatable bonds is 3. The Morgan fingerprint density at radius 1 is 1.00 bits per heavy atom. The van der Waals surface area contributed by atoms with Crippen molar-refractivity contribution in [3.63, 3.8) is 0 Å². The number of benzene rings is 2. The van der Waals surface area contributed by atoms with Crippen LogP contribution in [0, 0.1) is 6.92 Å². The average Bonchev–Trinajstić information content (AvgIpc) is 2.34. The molecule has 0 aliphatic rings. The van der Waals surface area contributed by atoms with Crippen LogP contribution in [0.25, 0.3) is 6.08 Å². The Balaban J connectivity index is 2.03. The van der Waals surface area contributed by atoms with Gasteiger partial charge in [0.05, 0.1) is 0 Å². The molecule has 0 fully saturated rings. The first kappa shape index (κ1) is 11.5. The van der Waals surface area contributed by atoms with Crippen molar-refractivity contribution in [1.29, 1.82) is 0 Å². The number of allylic oxidation sites excluding steroid dienone is 1. The Hall–Kier alpha value is -2.02. The van der Waals surface area contributed by atoms with E-state index in [1.54, 1.807) is 6.07 Å². The molecule has 0 spiro atoms. The highest BCUT2D eigenvalue weighted by atomic mass is 16.3. The van der Waals surface area contributed by atoms with Gasteiger partial charge in [0.25, 0.3) is 0 Å². The molecular formula is C16H16O. The van der Waals surface area contributed by atoms with E-state index in [2.05, 4.69) is 43.3 Å². The van der Waals surface area contributed by atoms with Crippen LogP contribution in [0.1, 0.15) is 16.7 Å². The molecule has 0 amide bonds. The molecule has 1 nitrogen and oxygen atoms in total. The number of hydrogen-bond acceptors (Lipinski definition) is 1. The van der Waals surface area contributed by atoms with E-state index >= 15 is 0 Å². The molecule has 0 unspecified atom stereocenters. The van der Waals surface area contributed by atoms with Crippen molar-refractivity contribution in [2.45, 2.75) is 13.3 Å². The summed E-state index contributed by atoms with van der Waals surface area (Å²) in [7, 11) is 0. The summed E-state index contributed by atoms with van der Waals surface area (Å²) >= 11 is 0. The van der Waals surface area contributed by atoms with Crippen molar-refractivity contribution < 1.29 is 5.11 Å². The maximum atomic E-state index is 9.61. The summed E-state index contributed by atoms with van der Waals surface area (Å²) in [6.07, 6.45) is 4.89. The van der Waals surface area contributed by atoms with Gasteiger partial charge in [0.2, 0.25) is 0 Å². The predicted molar refractivity (Wildman–Crippen MR) is 72.0 cm³/mol. The fourth-order valence-electron chi connectivity index (χ4n) is 1.68. The van der Waals surface area contributed by atoms with Crippen LogP contribution in [0.5, 0.6) is 5.75 Å². The van der Waals surface area contributed by atoms with Crippen LogP contribution in [0.4, 0.5) is 0 Å². The third-order valence-electron chi connectivity index (χ3n) is 2.72. The molecule has 2 rings (SSSR count). The fraction of sp³-hybridized carbons (Fsp3) is 0.125. The zero-order chi connectivity index (χ0) is 12.1. The number of phenolic OH excluding ortho intramolecular Hbond substituents is 1. The normalized spacial score (nSPS) is 10.9. The van der Waals surface area contributed by atoms with Gasteiger partial charge < -0.3 is 5.11 Å².